The van der Waals surface area contributed by atoms with Gasteiger partial charge in [0, 0.05) is 71.7 Å². The van der Waals surface area contributed by atoms with E-state index in [0.717, 1.165) is 56.8 Å². The average molecular weight is 2480 g/mol. The maximum Gasteiger partial charge on any atom is 1.00 e. The van der Waals surface area contributed by atoms with E-state index >= 15 is 0 Å². The molecular formula is C86H106B2BrI5LiN10NaO23P2+2. The maximum absolute atomic E-state index is 10.3. The molecule has 33 nitrogen and oxygen atoms in total. The van der Waals surface area contributed by atoms with Crippen molar-refractivity contribution in [2.45, 2.75) is 48.0 Å². The Kier molecular flexibility index (Phi) is 63.9. The number of rotatable bonds is 28. The SMILES string of the molecule is C.COc1cc(B(O)O)cc(OC)c1OC.COc1ccc(COc2c(OC)cnc(I)c2OC)cc1.COc1ccc(COc2c(OC)cncc2OC)cc1.COc1ccc(C[O-])cc1.COc1cnc(C#Cc2cnn(C)c2)c(OC)c1O[P+](C)=N.COc1cncc(OC)c1Br.C[C-](C)C.II.[B]P(C)Oc1c(OC)cnc2c(I)c(-c3cnn(C)c3)oc12.[IH2+].[Li+].[Na+]. The van der Waals surface area contributed by atoms with Crippen LogP contribution in [0.5, 0.6) is 109 Å². The summed E-state index contributed by atoms with van der Waals surface area (Å²) in [5, 5.41) is 44.2. The van der Waals surface area contributed by atoms with Crippen molar-refractivity contribution in [1.82, 2.24) is 44.5 Å². The topological polar surface area (TPSA) is 376 Å². The minimum atomic E-state index is -1.57. The van der Waals surface area contributed by atoms with Crippen LogP contribution in [0.3, 0.4) is 0 Å². The van der Waals surface area contributed by atoms with Gasteiger partial charge < -0.3 is 111 Å². The first-order valence-electron chi connectivity index (χ1n) is 36.9. The molecule has 45 heteroatoms. The number of furan rings is 1. The third-order valence-electron chi connectivity index (χ3n) is 15.9. The predicted octanol–water partition coefficient (Wildman–Crippen LogP) is 8.02. The number of hydrogen-bond donors (Lipinski definition) is 3. The Morgan fingerprint density at radius 2 is 0.924 bits per heavy atom. The van der Waals surface area contributed by atoms with Crippen molar-refractivity contribution in [3.63, 3.8) is 0 Å². The molecule has 0 aliphatic rings. The zero-order chi connectivity index (χ0) is 94.2. The molecule has 3 N–H and O–H groups in total. The Morgan fingerprint density at radius 3 is 1.31 bits per heavy atom. The number of methoxy groups -OCH3 is 15. The number of aryl methyl sites for hydroxylation is 2. The molecule has 0 bridgehead atoms. The summed E-state index contributed by atoms with van der Waals surface area (Å²) in [6.45, 7) is 10.4. The van der Waals surface area contributed by atoms with E-state index in [2.05, 4.69) is 166 Å². The quantitative estimate of drug-likeness (QED) is 0.0104. The summed E-state index contributed by atoms with van der Waals surface area (Å²) in [6, 6.07) is 25.4. The Bertz CT molecular complexity index is 5310. The van der Waals surface area contributed by atoms with Gasteiger partial charge in [0.2, 0.25) is 52.7 Å². The first-order chi connectivity index (χ1) is 61.0. The number of nitrogens with zero attached hydrogens (tertiary/aromatic N) is 9. The van der Waals surface area contributed by atoms with E-state index in [1.54, 1.807) is 174 Å². The molecule has 0 fully saturated rings. The molecule has 696 valence electrons. The number of fused-ring (bicyclic) bond motifs is 1. The van der Waals surface area contributed by atoms with Gasteiger partial charge >= 0.3 is 63.5 Å². The number of aromatic nitrogens is 9. The standard InChI is InChI=1S/C15H16INO4.C15H17NO4.C14H16N4O3P.C13H12BIN3O3P.C9H13BO5.C8H9O2.C7H8BrNO2.C4H9.CH4.I2.H2I.Li.Na/c1-18-11-6-4-10(5-7-11)9-21-13-12(19-2)8-17-15(16)14(13)20-3;1-17-12-6-4-11(5-7-12)10-20-15-13(18-2)8-16-9-14(15)19-3;1-18-9-10(7-17-18)5-6-11-13(20-3)14(21-22(4)15)12(19-2)8-16-11;1-18-6-7(4-17-18)11-9(15)10-13(20-11)12(21-22(3)14)8(19-2)5-16-10;1-13-7-4-6(10(11)12)5-8(14-2)9(7)15-3;1-10-8-4-2-7(6-9)3-5-8;1-10-5-3-9-4-6(11-2)7(5)8;1-4(2)3;;1-2;;;/h4-8H,9H2,1-3H3;4-9H,10H2,1-3H3;7-9,15H,1-4H3;4-6H,1-3H3;4-5,11-12H,1-3H3;2-5H,6H2,1H3;3-4H,1-2H3;1-3H3;1H4;;1H2;;/q;;+1;;;-1;;-1;;;3*+1. The summed E-state index contributed by atoms with van der Waals surface area (Å²) >= 11 is 11.9. The van der Waals surface area contributed by atoms with Crippen LogP contribution >= 0.6 is 114 Å². The molecule has 2 unspecified atom stereocenters. The van der Waals surface area contributed by atoms with Gasteiger partial charge in [-0.1, -0.05) is 60.5 Å². The van der Waals surface area contributed by atoms with Crippen molar-refractivity contribution in [3.05, 3.63) is 199 Å². The van der Waals surface area contributed by atoms with Crippen LogP contribution in [-0.4, -0.2) is 189 Å². The van der Waals surface area contributed by atoms with E-state index in [-0.39, 0.29) is 91.9 Å². The van der Waals surface area contributed by atoms with Crippen molar-refractivity contribution in [2.75, 3.05) is 120 Å². The van der Waals surface area contributed by atoms with Gasteiger partial charge in [-0.3, -0.25) is 23.9 Å². The second-order valence-corrected chi connectivity index (χ2v) is 30.6. The Labute approximate surface area is 880 Å². The largest absolute Gasteiger partial charge is 1.00 e. The fraction of sp³-hybridized carbons (Fsp3) is 0.302. The molecule has 0 saturated heterocycles. The zero-order valence-electron chi connectivity index (χ0n) is 76.4. The normalized spacial score (nSPS) is 9.93. The van der Waals surface area contributed by atoms with Crippen LogP contribution in [0.1, 0.15) is 56.1 Å². The molecule has 4 aromatic carbocycles. The number of hydrogen-bond acceptors (Lipinski definition) is 31. The van der Waals surface area contributed by atoms with E-state index < -0.39 is 23.1 Å². The number of ether oxygens (including phenoxy) is 17. The Balaban J connectivity index is 0.00000150. The first kappa shape index (κ1) is 124. The molecule has 0 saturated carbocycles. The molecule has 0 amide bonds. The second-order valence-electron chi connectivity index (χ2n) is 25.2. The maximum atomic E-state index is 10.3. The van der Waals surface area contributed by atoms with Gasteiger partial charge in [-0.25, -0.2) is 15.0 Å². The average Bonchev–Trinajstić information content (AvgIpc) is 1.61. The second kappa shape index (κ2) is 67.7. The van der Waals surface area contributed by atoms with Crippen LogP contribution in [0, 0.1) is 30.2 Å². The summed E-state index contributed by atoms with van der Waals surface area (Å²) in [7, 11) is 28.7. The van der Waals surface area contributed by atoms with Gasteiger partial charge in [0.1, 0.15) is 44.2 Å². The van der Waals surface area contributed by atoms with Gasteiger partial charge in [-0.15, -0.1) is 6.61 Å². The van der Waals surface area contributed by atoms with E-state index in [1.807, 2.05) is 68.8 Å². The molecule has 2 atom stereocenters. The van der Waals surface area contributed by atoms with Crippen molar-refractivity contribution in [1.29, 1.82) is 5.16 Å². The smallest absolute Gasteiger partial charge is 0.851 e. The first-order valence-corrected chi connectivity index (χ1v) is 49.7. The van der Waals surface area contributed by atoms with E-state index in [0.29, 0.717) is 128 Å². The fourth-order valence-electron chi connectivity index (χ4n) is 9.95. The Hall–Kier alpha value is -7.38. The van der Waals surface area contributed by atoms with Crippen LogP contribution in [0.15, 0.2) is 162 Å². The van der Waals surface area contributed by atoms with Gasteiger partial charge in [-0.05, 0) is 139 Å². The molecular weight excluding hydrogens is 2370 g/mol. The minimum Gasteiger partial charge on any atom is -0.851 e. The monoisotopic (exact) mass is 2470 g/mol. The van der Waals surface area contributed by atoms with Crippen LogP contribution in [0.2, 0.25) is 0 Å². The molecule has 12 rings (SSSR count). The summed E-state index contributed by atoms with van der Waals surface area (Å²) in [4.78, 5) is 20.8. The molecule has 0 aliphatic carbocycles. The molecule has 2 radical (unpaired) electrons. The summed E-state index contributed by atoms with van der Waals surface area (Å²) in [6.07, 6.45) is 18.2. The minimum absolute atomic E-state index is 0. The van der Waals surface area contributed by atoms with Crippen molar-refractivity contribution >= 4 is 146 Å². The number of halogens is 6. The van der Waals surface area contributed by atoms with Crippen LogP contribution in [0.4, 0.5) is 0 Å². The summed E-state index contributed by atoms with van der Waals surface area (Å²) < 4.78 is 112. The predicted molar refractivity (Wildman–Crippen MR) is 535 cm³/mol. The molecule has 131 heavy (non-hydrogen) atoms. The fourth-order valence-corrected chi connectivity index (χ4v) is 12.8. The van der Waals surface area contributed by atoms with Crippen molar-refractivity contribution in [2.24, 2.45) is 14.1 Å². The van der Waals surface area contributed by atoms with Crippen molar-refractivity contribution in [3.8, 4) is 132 Å². The molecule has 0 spiro atoms. The van der Waals surface area contributed by atoms with Crippen LogP contribution in [0.25, 0.3) is 22.4 Å². The van der Waals surface area contributed by atoms with E-state index in [1.165, 1.54) is 59.8 Å². The van der Waals surface area contributed by atoms with Crippen LogP contribution in [-0.2, 0) is 33.9 Å². The van der Waals surface area contributed by atoms with Gasteiger partial charge in [-0.2, -0.15) is 31.0 Å². The molecule has 8 aromatic heterocycles. The third kappa shape index (κ3) is 40.2. The third-order valence-corrected chi connectivity index (χ3v) is 19.4. The van der Waals surface area contributed by atoms with E-state index in [4.69, 9.17) is 117 Å². The summed E-state index contributed by atoms with van der Waals surface area (Å²) in [5.41, 5.74) is 6.42. The Morgan fingerprint density at radius 1 is 0.527 bits per heavy atom. The zero-order valence-corrected chi connectivity index (χ0v) is 93.0. The number of benzene rings is 4. The van der Waals surface area contributed by atoms with Crippen molar-refractivity contribution < 1.29 is 182 Å². The summed E-state index contributed by atoms with van der Waals surface area (Å²) in [5.74, 6) is 18.3. The molecule has 8 heterocycles. The van der Waals surface area contributed by atoms with Gasteiger partial charge in [0.25, 0.3) is 5.75 Å². The van der Waals surface area contributed by atoms with Crippen LogP contribution < -0.4 is 173 Å². The van der Waals surface area contributed by atoms with E-state index in [9.17, 15) is 5.11 Å². The molecule has 12 aromatic rings. The van der Waals surface area contributed by atoms with Gasteiger partial charge in [0.05, 0.1) is 177 Å². The number of nitrogens with one attached hydrogen (secondary N) is 1. The number of pyridine rings is 5. The molecule has 0 aliphatic heterocycles. The van der Waals surface area contributed by atoms with Gasteiger partial charge in [0.15, 0.2) is 88.8 Å².